The van der Waals surface area contributed by atoms with Gasteiger partial charge < -0.3 is 14.8 Å². The molecule has 1 heterocycles. The van der Waals surface area contributed by atoms with Gasteiger partial charge in [0.1, 0.15) is 12.4 Å². The molecule has 1 unspecified atom stereocenters. The van der Waals surface area contributed by atoms with Crippen LogP contribution in [-0.4, -0.2) is 31.1 Å². The molecule has 0 aliphatic carbocycles. The van der Waals surface area contributed by atoms with Crippen LogP contribution in [0.4, 0.5) is 10.5 Å². The van der Waals surface area contributed by atoms with Gasteiger partial charge in [-0.05, 0) is 49.1 Å². The second-order valence-electron chi connectivity index (χ2n) is 6.68. The van der Waals surface area contributed by atoms with Crippen LogP contribution in [0, 0.1) is 19.8 Å². The number of urea groups is 1. The molecule has 3 rings (SSSR count). The third kappa shape index (κ3) is 4.68. The molecule has 3 amide bonds. The van der Waals surface area contributed by atoms with Crippen molar-refractivity contribution in [1.82, 2.24) is 5.32 Å². The van der Waals surface area contributed by atoms with Crippen molar-refractivity contribution in [2.45, 2.75) is 20.3 Å². The first-order valence-electron chi connectivity index (χ1n) is 8.98. The molecule has 0 bridgehead atoms. The molecule has 0 spiro atoms. The van der Waals surface area contributed by atoms with Gasteiger partial charge in [-0.2, -0.15) is 0 Å². The van der Waals surface area contributed by atoms with Crippen molar-refractivity contribution in [2.75, 3.05) is 18.5 Å². The number of rotatable bonds is 4. The van der Waals surface area contributed by atoms with Gasteiger partial charge in [0.2, 0.25) is 0 Å². The number of amides is 3. The maximum Gasteiger partial charge on any atom is 0.325 e. The average molecular weight is 382 g/mol. The van der Waals surface area contributed by atoms with E-state index in [-0.39, 0.29) is 6.61 Å². The molecule has 1 aliphatic heterocycles. The minimum atomic E-state index is -0.701. The van der Waals surface area contributed by atoms with Gasteiger partial charge in [-0.1, -0.05) is 30.3 Å². The van der Waals surface area contributed by atoms with Gasteiger partial charge >= 0.3 is 12.0 Å². The molecule has 0 fully saturated rings. The van der Waals surface area contributed by atoms with Crippen molar-refractivity contribution in [1.29, 1.82) is 0 Å². The Morgan fingerprint density at radius 3 is 2.71 bits per heavy atom. The van der Waals surface area contributed by atoms with Crippen LogP contribution < -0.4 is 15.4 Å². The van der Waals surface area contributed by atoms with Crippen molar-refractivity contribution < 1.29 is 23.9 Å². The summed E-state index contributed by atoms with van der Waals surface area (Å²) in [6.45, 7) is 3.47. The minimum Gasteiger partial charge on any atom is -0.492 e. The Kier molecular flexibility index (Phi) is 5.93. The lowest BCUT2D eigenvalue weighted by molar-refractivity contribution is -0.153. The van der Waals surface area contributed by atoms with Crippen LogP contribution in [0.2, 0.25) is 0 Å². The predicted molar refractivity (Wildman–Crippen MR) is 103 cm³/mol. The van der Waals surface area contributed by atoms with E-state index in [1.54, 1.807) is 6.07 Å². The van der Waals surface area contributed by atoms with Gasteiger partial charge in [-0.15, -0.1) is 0 Å². The zero-order valence-corrected chi connectivity index (χ0v) is 15.8. The van der Waals surface area contributed by atoms with Crippen LogP contribution in [0.3, 0.4) is 0 Å². The summed E-state index contributed by atoms with van der Waals surface area (Å²) >= 11 is 0. The number of benzene rings is 2. The lowest BCUT2D eigenvalue weighted by atomic mass is 9.97. The fourth-order valence-electron chi connectivity index (χ4n) is 2.94. The number of ether oxygens (including phenoxy) is 2. The number of hydrogen-bond acceptors (Lipinski definition) is 5. The fourth-order valence-corrected chi connectivity index (χ4v) is 2.94. The van der Waals surface area contributed by atoms with Gasteiger partial charge in [-0.3, -0.25) is 14.9 Å². The van der Waals surface area contributed by atoms with Crippen molar-refractivity contribution in [2.24, 2.45) is 5.92 Å². The molecule has 1 atom stereocenters. The van der Waals surface area contributed by atoms with Crippen molar-refractivity contribution in [3.8, 4) is 5.75 Å². The molecule has 2 aromatic rings. The fraction of sp³-hybridized carbons (Fsp3) is 0.286. The van der Waals surface area contributed by atoms with Crippen LogP contribution in [0.5, 0.6) is 5.75 Å². The first-order chi connectivity index (χ1) is 13.4. The standard InChI is InChI=1S/C21H22N2O5/c1-13-6-5-8-17(14(13)2)22-21(26)23-19(24)12-28-20(25)16-10-15-7-3-4-9-18(15)27-11-16/h3-9,16H,10-12H2,1-2H3,(H2,22,23,24,26). The Morgan fingerprint density at radius 2 is 1.89 bits per heavy atom. The molecule has 0 aromatic heterocycles. The number of imide groups is 1. The third-order valence-corrected chi connectivity index (χ3v) is 4.66. The SMILES string of the molecule is Cc1cccc(NC(=O)NC(=O)COC(=O)C2COc3ccccc3C2)c1C. The Hall–Kier alpha value is -3.35. The van der Waals surface area contributed by atoms with Gasteiger partial charge in [0, 0.05) is 5.69 Å². The zero-order chi connectivity index (χ0) is 20.1. The van der Waals surface area contributed by atoms with E-state index in [9.17, 15) is 14.4 Å². The molecule has 2 aromatic carbocycles. The van der Waals surface area contributed by atoms with E-state index in [4.69, 9.17) is 9.47 Å². The van der Waals surface area contributed by atoms with E-state index in [1.807, 2.05) is 50.2 Å². The Labute approximate surface area is 163 Å². The van der Waals surface area contributed by atoms with Gasteiger partial charge in [0.05, 0.1) is 5.92 Å². The first kappa shape index (κ1) is 19.4. The molecule has 7 nitrogen and oxygen atoms in total. The maximum absolute atomic E-state index is 12.2. The van der Waals surface area contributed by atoms with E-state index in [2.05, 4.69) is 10.6 Å². The highest BCUT2D eigenvalue weighted by Crippen LogP contribution is 2.27. The maximum atomic E-state index is 12.2. The summed E-state index contributed by atoms with van der Waals surface area (Å²) in [5, 5.41) is 4.76. The van der Waals surface area contributed by atoms with Crippen molar-refractivity contribution in [3.05, 3.63) is 59.2 Å². The second-order valence-corrected chi connectivity index (χ2v) is 6.68. The van der Waals surface area contributed by atoms with Gasteiger partial charge in [0.15, 0.2) is 6.61 Å². The molecule has 0 radical (unpaired) electrons. The summed E-state index contributed by atoms with van der Waals surface area (Å²) in [7, 11) is 0. The number of anilines is 1. The number of carbonyl (C=O) groups excluding carboxylic acids is 3. The van der Waals surface area contributed by atoms with E-state index in [0.717, 1.165) is 22.4 Å². The average Bonchev–Trinajstić information content (AvgIpc) is 2.69. The lowest BCUT2D eigenvalue weighted by Crippen LogP contribution is -2.38. The number of para-hydroxylation sites is 1. The molecule has 146 valence electrons. The Morgan fingerprint density at radius 1 is 1.11 bits per heavy atom. The summed E-state index contributed by atoms with van der Waals surface area (Å²) in [4.78, 5) is 36.1. The van der Waals surface area contributed by atoms with Crippen LogP contribution in [0.25, 0.3) is 0 Å². The largest absolute Gasteiger partial charge is 0.492 e. The quantitative estimate of drug-likeness (QED) is 0.793. The van der Waals surface area contributed by atoms with Gasteiger partial charge in [0.25, 0.3) is 5.91 Å². The topological polar surface area (TPSA) is 93.7 Å². The van der Waals surface area contributed by atoms with Crippen molar-refractivity contribution in [3.63, 3.8) is 0 Å². The summed E-state index contributed by atoms with van der Waals surface area (Å²) in [5.74, 6) is -0.952. The predicted octanol–water partition coefficient (Wildman–Crippen LogP) is 2.75. The number of fused-ring (bicyclic) bond motifs is 1. The zero-order valence-electron chi connectivity index (χ0n) is 15.8. The van der Waals surface area contributed by atoms with E-state index < -0.39 is 30.4 Å². The lowest BCUT2D eigenvalue weighted by Gasteiger charge is -2.23. The van der Waals surface area contributed by atoms with Gasteiger partial charge in [-0.25, -0.2) is 4.79 Å². The summed E-state index contributed by atoms with van der Waals surface area (Å²) in [6, 6.07) is 12.3. The number of aryl methyl sites for hydroxylation is 1. The van der Waals surface area contributed by atoms with E-state index in [1.165, 1.54) is 0 Å². The monoisotopic (exact) mass is 382 g/mol. The van der Waals surface area contributed by atoms with Crippen LogP contribution in [0.15, 0.2) is 42.5 Å². The molecule has 1 aliphatic rings. The molecule has 0 saturated heterocycles. The summed E-state index contributed by atoms with van der Waals surface area (Å²) < 4.78 is 10.6. The highest BCUT2D eigenvalue weighted by Gasteiger charge is 2.27. The molecule has 7 heteroatoms. The highest BCUT2D eigenvalue weighted by molar-refractivity contribution is 6.02. The first-order valence-corrected chi connectivity index (χ1v) is 8.98. The van der Waals surface area contributed by atoms with Crippen molar-refractivity contribution >= 4 is 23.6 Å². The Balaban J connectivity index is 1.46. The molecule has 0 saturated carbocycles. The summed E-state index contributed by atoms with van der Waals surface area (Å²) in [6.07, 6.45) is 0.490. The number of nitrogens with one attached hydrogen (secondary N) is 2. The number of esters is 1. The molecular weight excluding hydrogens is 360 g/mol. The number of carbonyl (C=O) groups is 3. The molecular formula is C21H22N2O5. The second kappa shape index (κ2) is 8.56. The smallest absolute Gasteiger partial charge is 0.325 e. The Bertz CT molecular complexity index is 909. The van der Waals surface area contributed by atoms with Crippen LogP contribution in [-0.2, 0) is 20.7 Å². The molecule has 28 heavy (non-hydrogen) atoms. The van der Waals surface area contributed by atoms with Crippen LogP contribution >= 0.6 is 0 Å². The summed E-state index contributed by atoms with van der Waals surface area (Å²) in [5.41, 5.74) is 3.47. The van der Waals surface area contributed by atoms with E-state index in [0.29, 0.717) is 12.1 Å². The number of hydrogen-bond donors (Lipinski definition) is 2. The third-order valence-electron chi connectivity index (χ3n) is 4.66. The van der Waals surface area contributed by atoms with E-state index >= 15 is 0 Å². The highest BCUT2D eigenvalue weighted by atomic mass is 16.5. The van der Waals surface area contributed by atoms with Crippen LogP contribution in [0.1, 0.15) is 16.7 Å². The normalized spacial score (nSPS) is 15.0. The minimum absolute atomic E-state index is 0.199. The molecule has 2 N–H and O–H groups in total.